The molecule has 0 bridgehead atoms. The van der Waals surface area contributed by atoms with Crippen LogP contribution >= 0.6 is 0 Å². The molecule has 2 aromatic heterocycles. The monoisotopic (exact) mass is 359 g/mol. The van der Waals surface area contributed by atoms with Crippen molar-refractivity contribution in [1.29, 1.82) is 0 Å². The highest BCUT2D eigenvalue weighted by molar-refractivity contribution is 5.04. The lowest BCUT2D eigenvalue weighted by atomic mass is 9.97. The molecular formula is C18H29N7O. The third-order valence-corrected chi connectivity index (χ3v) is 5.62. The maximum absolute atomic E-state index is 5.43. The molecule has 2 saturated heterocycles. The van der Waals surface area contributed by atoms with Gasteiger partial charge in [-0.15, -0.1) is 10.2 Å². The van der Waals surface area contributed by atoms with Crippen molar-refractivity contribution in [2.75, 3.05) is 39.4 Å². The Kier molecular flexibility index (Phi) is 5.33. The van der Waals surface area contributed by atoms with Crippen LogP contribution in [0, 0.1) is 0 Å². The van der Waals surface area contributed by atoms with Crippen LogP contribution in [0.3, 0.4) is 0 Å². The van der Waals surface area contributed by atoms with E-state index in [4.69, 9.17) is 4.74 Å². The van der Waals surface area contributed by atoms with E-state index in [2.05, 4.69) is 48.2 Å². The van der Waals surface area contributed by atoms with E-state index >= 15 is 0 Å². The minimum Gasteiger partial charge on any atom is -0.379 e. The van der Waals surface area contributed by atoms with Crippen molar-refractivity contribution in [2.45, 2.75) is 31.8 Å². The summed E-state index contributed by atoms with van der Waals surface area (Å²) in [6.07, 6.45) is 6.26. The first kappa shape index (κ1) is 17.6. The van der Waals surface area contributed by atoms with Gasteiger partial charge in [-0.3, -0.25) is 9.80 Å². The molecule has 0 saturated carbocycles. The molecule has 0 unspecified atom stereocenters. The molecule has 4 heterocycles. The summed E-state index contributed by atoms with van der Waals surface area (Å²) >= 11 is 0. The van der Waals surface area contributed by atoms with Crippen LogP contribution in [0.15, 0.2) is 12.4 Å². The lowest BCUT2D eigenvalue weighted by Gasteiger charge is -2.32. The molecule has 142 valence electrons. The van der Waals surface area contributed by atoms with Crippen LogP contribution in [0.2, 0.25) is 0 Å². The van der Waals surface area contributed by atoms with E-state index < -0.39 is 0 Å². The number of hydrogen-bond acceptors (Lipinski definition) is 6. The van der Waals surface area contributed by atoms with Gasteiger partial charge in [-0.25, -0.2) is 4.98 Å². The van der Waals surface area contributed by atoms with Crippen LogP contribution in [-0.4, -0.2) is 73.5 Å². The number of piperidine rings is 1. The molecule has 8 heteroatoms. The van der Waals surface area contributed by atoms with Gasteiger partial charge in [-0.05, 0) is 19.4 Å². The number of likely N-dealkylation sites (tertiary alicyclic amines) is 1. The third kappa shape index (κ3) is 3.82. The molecule has 0 N–H and O–H groups in total. The topological polar surface area (TPSA) is 64.2 Å². The molecule has 8 nitrogen and oxygen atoms in total. The van der Waals surface area contributed by atoms with Crippen LogP contribution in [0.4, 0.5) is 0 Å². The van der Waals surface area contributed by atoms with Gasteiger partial charge in [0.1, 0.15) is 17.5 Å². The molecule has 0 spiro atoms. The van der Waals surface area contributed by atoms with Crippen molar-refractivity contribution in [1.82, 2.24) is 34.1 Å². The number of hydrogen-bond donors (Lipinski definition) is 0. The zero-order valence-electron chi connectivity index (χ0n) is 15.8. The van der Waals surface area contributed by atoms with Crippen LogP contribution in [0.1, 0.15) is 36.2 Å². The van der Waals surface area contributed by atoms with Gasteiger partial charge in [0.25, 0.3) is 0 Å². The molecule has 1 atom stereocenters. The molecule has 26 heavy (non-hydrogen) atoms. The summed E-state index contributed by atoms with van der Waals surface area (Å²) < 4.78 is 9.75. The maximum Gasteiger partial charge on any atom is 0.146 e. The maximum atomic E-state index is 5.43. The highest BCUT2D eigenvalue weighted by Crippen LogP contribution is 2.26. The molecule has 0 aromatic carbocycles. The minimum absolute atomic E-state index is 0.444. The first-order valence-corrected chi connectivity index (χ1v) is 9.57. The Morgan fingerprint density at radius 3 is 2.62 bits per heavy atom. The third-order valence-electron chi connectivity index (χ3n) is 5.62. The Labute approximate surface area is 154 Å². The smallest absolute Gasteiger partial charge is 0.146 e. The lowest BCUT2D eigenvalue weighted by molar-refractivity contribution is 0.0326. The van der Waals surface area contributed by atoms with Crippen LogP contribution in [-0.2, 0) is 31.9 Å². The summed E-state index contributed by atoms with van der Waals surface area (Å²) in [5, 5.41) is 9.06. The Balaban J connectivity index is 1.41. The highest BCUT2D eigenvalue weighted by Gasteiger charge is 2.27. The Morgan fingerprint density at radius 2 is 1.85 bits per heavy atom. The van der Waals surface area contributed by atoms with Crippen LogP contribution in [0.5, 0.6) is 0 Å². The first-order chi connectivity index (χ1) is 12.7. The second-order valence-corrected chi connectivity index (χ2v) is 7.45. The predicted molar refractivity (Wildman–Crippen MR) is 97.6 cm³/mol. The fourth-order valence-electron chi connectivity index (χ4n) is 3.99. The molecule has 2 aromatic rings. The van der Waals surface area contributed by atoms with Crippen molar-refractivity contribution >= 4 is 0 Å². The number of nitrogens with zero attached hydrogens (tertiary/aromatic N) is 7. The quantitative estimate of drug-likeness (QED) is 0.785. The van der Waals surface area contributed by atoms with Gasteiger partial charge in [0, 0.05) is 52.0 Å². The molecule has 4 rings (SSSR count). The van der Waals surface area contributed by atoms with E-state index in [1.165, 1.54) is 12.8 Å². The fourth-order valence-corrected chi connectivity index (χ4v) is 3.99. The standard InChI is InChI=1S/C18H29N7O/c1-22-7-5-19-16(22)13-25-6-3-4-15(12-25)18-21-20-17(23(18)2)14-24-8-10-26-11-9-24/h5,7,15H,3-4,6,8-14H2,1-2H3/t15-/m1/s1. The van der Waals surface area contributed by atoms with E-state index in [1.807, 2.05) is 12.4 Å². The molecule has 0 amide bonds. The second kappa shape index (κ2) is 7.85. The van der Waals surface area contributed by atoms with Crippen molar-refractivity contribution in [3.63, 3.8) is 0 Å². The van der Waals surface area contributed by atoms with E-state index in [1.54, 1.807) is 0 Å². The summed E-state index contributed by atoms with van der Waals surface area (Å²) in [5.41, 5.74) is 0. The molecule has 0 radical (unpaired) electrons. The average Bonchev–Trinajstić information content (AvgIpc) is 3.22. The zero-order valence-corrected chi connectivity index (χ0v) is 15.8. The Bertz CT molecular complexity index is 719. The molecular weight excluding hydrogens is 330 g/mol. The highest BCUT2D eigenvalue weighted by atomic mass is 16.5. The van der Waals surface area contributed by atoms with E-state index in [9.17, 15) is 0 Å². The van der Waals surface area contributed by atoms with Crippen molar-refractivity contribution < 1.29 is 4.74 Å². The largest absolute Gasteiger partial charge is 0.379 e. The predicted octanol–water partition coefficient (Wildman–Crippen LogP) is 0.760. The summed E-state index contributed by atoms with van der Waals surface area (Å²) in [4.78, 5) is 9.35. The van der Waals surface area contributed by atoms with Crippen LogP contribution < -0.4 is 0 Å². The van der Waals surface area contributed by atoms with Crippen molar-refractivity contribution in [3.05, 3.63) is 29.9 Å². The average molecular weight is 359 g/mol. The van der Waals surface area contributed by atoms with E-state index in [-0.39, 0.29) is 0 Å². The number of rotatable bonds is 5. The van der Waals surface area contributed by atoms with Gasteiger partial charge in [0.15, 0.2) is 0 Å². The summed E-state index contributed by atoms with van der Waals surface area (Å²) in [6, 6.07) is 0. The van der Waals surface area contributed by atoms with Gasteiger partial charge in [-0.2, -0.15) is 0 Å². The van der Waals surface area contributed by atoms with Gasteiger partial charge in [0.05, 0.1) is 26.3 Å². The molecule has 2 fully saturated rings. The van der Waals surface area contributed by atoms with E-state index in [0.29, 0.717) is 5.92 Å². The number of ether oxygens (including phenoxy) is 1. The lowest BCUT2D eigenvalue weighted by Crippen LogP contribution is -2.37. The summed E-state index contributed by atoms with van der Waals surface area (Å²) in [6.45, 7) is 7.49. The minimum atomic E-state index is 0.444. The van der Waals surface area contributed by atoms with E-state index in [0.717, 1.165) is 70.0 Å². The zero-order chi connectivity index (χ0) is 17.9. The van der Waals surface area contributed by atoms with Crippen LogP contribution in [0.25, 0.3) is 0 Å². The number of imidazole rings is 1. The molecule has 0 aliphatic carbocycles. The Hall–Kier alpha value is -1.77. The number of aryl methyl sites for hydroxylation is 1. The number of morpholine rings is 1. The van der Waals surface area contributed by atoms with Gasteiger partial charge >= 0.3 is 0 Å². The second-order valence-electron chi connectivity index (χ2n) is 7.45. The number of aromatic nitrogens is 5. The summed E-state index contributed by atoms with van der Waals surface area (Å²) in [5.74, 6) is 3.75. The van der Waals surface area contributed by atoms with Crippen molar-refractivity contribution in [3.8, 4) is 0 Å². The molecule has 2 aliphatic heterocycles. The van der Waals surface area contributed by atoms with Gasteiger partial charge in [0.2, 0.25) is 0 Å². The summed E-state index contributed by atoms with van der Waals surface area (Å²) in [7, 11) is 4.17. The SMILES string of the molecule is Cn1ccnc1CN1CCC[C@@H](c2nnc(CN3CCOCC3)n2C)C1. The van der Waals surface area contributed by atoms with Gasteiger partial charge < -0.3 is 13.9 Å². The van der Waals surface area contributed by atoms with Gasteiger partial charge in [-0.1, -0.05) is 0 Å². The molecule has 2 aliphatic rings. The first-order valence-electron chi connectivity index (χ1n) is 9.57. The van der Waals surface area contributed by atoms with Crippen molar-refractivity contribution in [2.24, 2.45) is 14.1 Å². The normalized spacial score (nSPS) is 22.8. The Morgan fingerprint density at radius 1 is 1.04 bits per heavy atom. The fraction of sp³-hybridized carbons (Fsp3) is 0.722.